The maximum absolute atomic E-state index is 12.3. The summed E-state index contributed by atoms with van der Waals surface area (Å²) < 4.78 is 54.7. The molecule has 0 spiro atoms. The Bertz CT molecular complexity index is 1310. The van der Waals surface area contributed by atoms with E-state index >= 15 is 0 Å². The minimum absolute atomic E-state index is 0.0510. The highest BCUT2D eigenvalue weighted by Gasteiger charge is 2.48. The molecular formula is C18H27N5O15P2. The predicted molar refractivity (Wildman–Crippen MR) is 125 cm³/mol. The molecule has 10 atom stereocenters. The van der Waals surface area contributed by atoms with Crippen LogP contribution in [0.15, 0.2) is 12.7 Å². The Hall–Kier alpha value is -2.16. The standard InChI is InChI=1S/C18H27N5O15P2/c1-2-9(24)37-14-8(36-18(28)13(14)27)4-34-40(31,32)38-39(29,30)33-3-7-11(25)12(26)17(35-7)23-6-22-10-15(19)20-5-21-16(10)23/h5-8,11-14,17-18,25-28H,2-4H2,1H3,(H,29,30)(H,31,32)(H2,19,20,21)/t7-,8-,11-,12-,13-,14-,17-,18?/m1/s1. The first-order valence-electron chi connectivity index (χ1n) is 11.5. The lowest BCUT2D eigenvalue weighted by Crippen LogP contribution is -2.38. The van der Waals surface area contributed by atoms with Crippen LogP contribution in [0.5, 0.6) is 0 Å². The van der Waals surface area contributed by atoms with Gasteiger partial charge in [0.25, 0.3) is 0 Å². The summed E-state index contributed by atoms with van der Waals surface area (Å²) in [4.78, 5) is 43.2. The van der Waals surface area contributed by atoms with E-state index < -0.39 is 84.0 Å². The molecule has 2 saturated heterocycles. The number of ether oxygens (including phenoxy) is 3. The van der Waals surface area contributed by atoms with Crippen molar-refractivity contribution in [3.05, 3.63) is 12.7 Å². The van der Waals surface area contributed by atoms with Crippen molar-refractivity contribution in [3.8, 4) is 0 Å². The fourth-order valence-corrected chi connectivity index (χ4v) is 5.99. The maximum atomic E-state index is 12.3. The molecule has 4 rings (SSSR count). The van der Waals surface area contributed by atoms with E-state index in [0.29, 0.717) is 0 Å². The number of nitrogens with two attached hydrogens (primary N) is 1. The summed E-state index contributed by atoms with van der Waals surface area (Å²) in [5, 5.41) is 40.4. The van der Waals surface area contributed by atoms with Gasteiger partial charge in [-0.2, -0.15) is 4.31 Å². The number of aromatic nitrogens is 4. The highest BCUT2D eigenvalue weighted by Crippen LogP contribution is 2.60. The van der Waals surface area contributed by atoms with E-state index in [1.165, 1.54) is 17.8 Å². The summed E-state index contributed by atoms with van der Waals surface area (Å²) >= 11 is 0. The summed E-state index contributed by atoms with van der Waals surface area (Å²) in [5.74, 6) is -0.722. The molecule has 224 valence electrons. The van der Waals surface area contributed by atoms with Crippen LogP contribution in [0.25, 0.3) is 11.2 Å². The summed E-state index contributed by atoms with van der Waals surface area (Å²) in [7, 11) is -10.7. The number of imidazole rings is 1. The molecule has 2 fully saturated rings. The lowest BCUT2D eigenvalue weighted by Gasteiger charge is -2.22. The molecule has 0 saturated carbocycles. The lowest BCUT2D eigenvalue weighted by molar-refractivity contribution is -0.156. The minimum Gasteiger partial charge on any atom is -0.456 e. The quantitative estimate of drug-likeness (QED) is 0.103. The first-order chi connectivity index (χ1) is 18.7. The smallest absolute Gasteiger partial charge is 0.456 e. The van der Waals surface area contributed by atoms with Crippen LogP contribution in [0.2, 0.25) is 0 Å². The molecule has 2 aliphatic heterocycles. The van der Waals surface area contributed by atoms with Gasteiger partial charge in [0.1, 0.15) is 42.4 Å². The Balaban J connectivity index is 1.33. The number of carbonyl (C=O) groups is 1. The molecule has 20 nitrogen and oxygen atoms in total. The van der Waals surface area contributed by atoms with Gasteiger partial charge in [0, 0.05) is 6.42 Å². The van der Waals surface area contributed by atoms with E-state index in [0.717, 1.165) is 6.33 Å². The highest BCUT2D eigenvalue weighted by molar-refractivity contribution is 7.61. The van der Waals surface area contributed by atoms with Crippen molar-refractivity contribution in [2.24, 2.45) is 0 Å². The van der Waals surface area contributed by atoms with Gasteiger partial charge in [-0.3, -0.25) is 18.4 Å². The van der Waals surface area contributed by atoms with Gasteiger partial charge >= 0.3 is 21.6 Å². The molecule has 0 amide bonds. The zero-order valence-corrected chi connectivity index (χ0v) is 22.3. The van der Waals surface area contributed by atoms with Crippen molar-refractivity contribution in [2.45, 2.75) is 62.5 Å². The highest BCUT2D eigenvalue weighted by atomic mass is 31.3. The fourth-order valence-electron chi connectivity index (χ4n) is 3.90. The van der Waals surface area contributed by atoms with Gasteiger partial charge in [-0.05, 0) is 0 Å². The Morgan fingerprint density at radius 2 is 1.65 bits per heavy atom. The normalized spacial score (nSPS) is 33.6. The number of nitrogen functional groups attached to an aromatic ring is 1. The van der Waals surface area contributed by atoms with Crippen LogP contribution in [-0.4, -0.2) is 112 Å². The molecule has 0 bridgehead atoms. The first kappa shape index (κ1) is 30.8. The topological polar surface area (TPSA) is 298 Å². The van der Waals surface area contributed by atoms with Gasteiger partial charge in [-0.1, -0.05) is 6.92 Å². The number of esters is 1. The Morgan fingerprint density at radius 1 is 1.00 bits per heavy atom. The van der Waals surface area contributed by atoms with Crippen molar-refractivity contribution < 1.29 is 71.7 Å². The minimum atomic E-state index is -5.36. The van der Waals surface area contributed by atoms with Crippen molar-refractivity contribution >= 4 is 38.6 Å². The average Bonchev–Trinajstić information content (AvgIpc) is 3.52. The Labute approximate surface area is 224 Å². The fraction of sp³-hybridized carbons (Fsp3) is 0.667. The van der Waals surface area contributed by atoms with Crippen molar-refractivity contribution in [3.63, 3.8) is 0 Å². The molecule has 3 unspecified atom stereocenters. The number of hydrogen-bond donors (Lipinski definition) is 7. The number of phosphoric acid groups is 2. The third kappa shape index (κ3) is 6.66. The first-order valence-corrected chi connectivity index (χ1v) is 14.5. The number of rotatable bonds is 11. The molecule has 0 aromatic carbocycles. The SMILES string of the molecule is CCC(=O)O[C@@H]1[C@@H](COP(=O)(O)OP(=O)(O)OC[C@H]2O[C@@H](n3cnc4c(N)ncnc43)[C@H](O)[C@@H]2O)OC(O)[C@@H]1O. The summed E-state index contributed by atoms with van der Waals surface area (Å²) in [6.07, 6.45) is -10.1. The summed E-state index contributed by atoms with van der Waals surface area (Å²) in [6.45, 7) is -0.359. The van der Waals surface area contributed by atoms with Crippen molar-refractivity contribution in [2.75, 3.05) is 18.9 Å². The van der Waals surface area contributed by atoms with E-state index in [1.54, 1.807) is 0 Å². The predicted octanol–water partition coefficient (Wildman–Crippen LogP) is -2.32. The second-order valence-electron chi connectivity index (χ2n) is 8.60. The van der Waals surface area contributed by atoms with Gasteiger partial charge in [0.05, 0.1) is 19.5 Å². The third-order valence-electron chi connectivity index (χ3n) is 5.87. The molecule has 8 N–H and O–H groups in total. The number of aliphatic hydroxyl groups excluding tert-OH is 4. The molecule has 0 aliphatic carbocycles. The third-order valence-corrected chi connectivity index (χ3v) is 8.48. The monoisotopic (exact) mass is 615 g/mol. The van der Waals surface area contributed by atoms with Gasteiger partial charge in [-0.25, -0.2) is 24.1 Å². The lowest BCUT2D eigenvalue weighted by atomic mass is 10.1. The summed E-state index contributed by atoms with van der Waals surface area (Å²) in [5.41, 5.74) is 6.09. The average molecular weight is 615 g/mol. The molecule has 0 radical (unpaired) electrons. The van der Waals surface area contributed by atoms with E-state index in [2.05, 4.69) is 28.3 Å². The van der Waals surface area contributed by atoms with E-state index in [4.69, 9.17) is 19.9 Å². The van der Waals surface area contributed by atoms with Crippen LogP contribution in [0.1, 0.15) is 19.6 Å². The second-order valence-corrected chi connectivity index (χ2v) is 11.6. The number of anilines is 1. The Morgan fingerprint density at radius 3 is 2.30 bits per heavy atom. The van der Waals surface area contributed by atoms with Gasteiger partial charge in [0.15, 0.2) is 30.1 Å². The molecule has 22 heteroatoms. The Kier molecular flexibility index (Phi) is 9.22. The van der Waals surface area contributed by atoms with Gasteiger partial charge < -0.3 is 50.2 Å². The molecule has 4 heterocycles. The number of fused-ring (bicyclic) bond motifs is 1. The number of phosphoric ester groups is 2. The zero-order valence-electron chi connectivity index (χ0n) is 20.5. The van der Waals surface area contributed by atoms with Crippen LogP contribution in [0.4, 0.5) is 5.82 Å². The van der Waals surface area contributed by atoms with Crippen LogP contribution in [-0.2, 0) is 41.5 Å². The zero-order chi connectivity index (χ0) is 29.4. The van der Waals surface area contributed by atoms with E-state index in [-0.39, 0.29) is 23.4 Å². The summed E-state index contributed by atoms with van der Waals surface area (Å²) in [6, 6.07) is 0. The molecule has 2 aromatic rings. The molecule has 2 aliphatic rings. The molecular weight excluding hydrogens is 588 g/mol. The number of carbonyl (C=O) groups excluding carboxylic acids is 1. The maximum Gasteiger partial charge on any atom is 0.481 e. The number of aliphatic hydroxyl groups is 4. The molecule has 40 heavy (non-hydrogen) atoms. The largest absolute Gasteiger partial charge is 0.481 e. The van der Waals surface area contributed by atoms with Crippen LogP contribution in [0.3, 0.4) is 0 Å². The van der Waals surface area contributed by atoms with Gasteiger partial charge in [-0.15, -0.1) is 0 Å². The van der Waals surface area contributed by atoms with E-state index in [1.807, 2.05) is 0 Å². The molecule has 2 aromatic heterocycles. The van der Waals surface area contributed by atoms with Crippen LogP contribution < -0.4 is 5.73 Å². The van der Waals surface area contributed by atoms with Gasteiger partial charge in [0.2, 0.25) is 0 Å². The second kappa shape index (κ2) is 12.0. The van der Waals surface area contributed by atoms with E-state index in [9.17, 15) is 44.1 Å². The number of hydrogen-bond acceptors (Lipinski definition) is 17. The number of nitrogens with zero attached hydrogens (tertiary/aromatic N) is 4. The van der Waals surface area contributed by atoms with Crippen molar-refractivity contribution in [1.82, 2.24) is 19.5 Å². The van der Waals surface area contributed by atoms with Crippen molar-refractivity contribution in [1.29, 1.82) is 0 Å². The van der Waals surface area contributed by atoms with Crippen LogP contribution in [0, 0.1) is 0 Å². The van der Waals surface area contributed by atoms with Crippen LogP contribution >= 0.6 is 15.6 Å².